The van der Waals surface area contributed by atoms with Crippen LogP contribution in [-0.4, -0.2) is 34.6 Å². The van der Waals surface area contributed by atoms with E-state index in [1.807, 2.05) is 0 Å². The standard InChI is InChI=1S/C26H35N3O4/c27-21-13-14-22(30)29(25(33)26(21)15-7-3-4-8-16-26)24(32)20-12-11-19(23(28)31)17-9-5-1-2-6-10-18(17)20/h11-12,21H,1-10,13-16,27H2,(H2,28,31). The Morgan fingerprint density at radius 1 is 0.818 bits per heavy atom. The van der Waals surface area contributed by atoms with E-state index in [1.54, 1.807) is 12.1 Å². The molecule has 33 heavy (non-hydrogen) atoms. The molecule has 2 aliphatic carbocycles. The first kappa shape index (κ1) is 23.6. The average Bonchev–Trinajstić information content (AvgIpc) is 3.07. The zero-order valence-electron chi connectivity index (χ0n) is 19.4. The van der Waals surface area contributed by atoms with Crippen LogP contribution in [-0.2, 0) is 22.4 Å². The summed E-state index contributed by atoms with van der Waals surface area (Å²) in [5.41, 5.74) is 13.6. The Morgan fingerprint density at radius 3 is 1.97 bits per heavy atom. The molecule has 1 heterocycles. The van der Waals surface area contributed by atoms with Crippen molar-refractivity contribution < 1.29 is 19.2 Å². The molecule has 0 aromatic heterocycles. The number of hydrogen-bond acceptors (Lipinski definition) is 5. The number of rotatable bonds is 2. The minimum absolute atomic E-state index is 0.0853. The minimum atomic E-state index is -0.861. The fraction of sp³-hybridized carbons (Fsp3) is 0.615. The zero-order valence-corrected chi connectivity index (χ0v) is 19.4. The number of carbonyl (C=O) groups is 4. The van der Waals surface area contributed by atoms with E-state index in [4.69, 9.17) is 11.5 Å². The molecule has 1 saturated heterocycles. The highest BCUT2D eigenvalue weighted by atomic mass is 16.2. The van der Waals surface area contributed by atoms with Crippen molar-refractivity contribution in [3.05, 3.63) is 34.4 Å². The molecule has 7 nitrogen and oxygen atoms in total. The minimum Gasteiger partial charge on any atom is -0.366 e. The molecular weight excluding hydrogens is 418 g/mol. The van der Waals surface area contributed by atoms with Crippen LogP contribution in [0.4, 0.5) is 0 Å². The van der Waals surface area contributed by atoms with E-state index >= 15 is 0 Å². The van der Waals surface area contributed by atoms with Gasteiger partial charge in [0.05, 0.1) is 5.41 Å². The Kier molecular flexibility index (Phi) is 6.98. The first-order valence-electron chi connectivity index (χ1n) is 12.5. The van der Waals surface area contributed by atoms with Crippen molar-refractivity contribution in [2.45, 2.75) is 95.9 Å². The molecule has 1 saturated carbocycles. The number of likely N-dealkylation sites (tertiary alicyclic amines) is 1. The molecule has 3 aliphatic rings. The molecule has 1 atom stereocenters. The summed E-state index contributed by atoms with van der Waals surface area (Å²) in [6.07, 6.45) is 10.7. The third-order valence-corrected chi connectivity index (χ3v) is 7.99. The van der Waals surface area contributed by atoms with E-state index in [-0.39, 0.29) is 6.42 Å². The van der Waals surface area contributed by atoms with E-state index in [2.05, 4.69) is 0 Å². The van der Waals surface area contributed by atoms with E-state index in [9.17, 15) is 19.2 Å². The van der Waals surface area contributed by atoms with Gasteiger partial charge >= 0.3 is 0 Å². The summed E-state index contributed by atoms with van der Waals surface area (Å²) in [6, 6.07) is 2.73. The van der Waals surface area contributed by atoms with Gasteiger partial charge in [-0.25, -0.2) is 4.90 Å². The Hall–Kier alpha value is -2.54. The maximum atomic E-state index is 13.9. The lowest BCUT2D eigenvalue weighted by molar-refractivity contribution is -0.147. The van der Waals surface area contributed by atoms with Crippen LogP contribution in [0, 0.1) is 5.41 Å². The van der Waals surface area contributed by atoms with Crippen LogP contribution < -0.4 is 11.5 Å². The van der Waals surface area contributed by atoms with Gasteiger partial charge in [-0.2, -0.15) is 0 Å². The van der Waals surface area contributed by atoms with Crippen LogP contribution in [0.25, 0.3) is 0 Å². The van der Waals surface area contributed by atoms with Crippen molar-refractivity contribution in [1.82, 2.24) is 4.90 Å². The number of hydrogen-bond donors (Lipinski definition) is 2. The molecule has 4 rings (SSSR count). The number of nitrogens with two attached hydrogens (primary N) is 2. The van der Waals surface area contributed by atoms with Crippen LogP contribution >= 0.6 is 0 Å². The number of primary amides is 1. The molecule has 178 valence electrons. The summed E-state index contributed by atoms with van der Waals surface area (Å²) < 4.78 is 0. The highest BCUT2D eigenvalue weighted by Gasteiger charge is 2.51. The van der Waals surface area contributed by atoms with Crippen molar-refractivity contribution in [1.29, 1.82) is 0 Å². The Morgan fingerprint density at radius 2 is 1.36 bits per heavy atom. The fourth-order valence-electron chi connectivity index (χ4n) is 6.08. The lowest BCUT2D eigenvalue weighted by Crippen LogP contribution is -2.54. The molecule has 4 N–H and O–H groups in total. The van der Waals surface area contributed by atoms with Crippen molar-refractivity contribution in [3.63, 3.8) is 0 Å². The van der Waals surface area contributed by atoms with Gasteiger partial charge in [0.1, 0.15) is 0 Å². The molecule has 0 radical (unpaired) electrons. The summed E-state index contributed by atoms with van der Waals surface area (Å²) in [5, 5.41) is 0. The summed E-state index contributed by atoms with van der Waals surface area (Å²) in [5.74, 6) is -1.99. The number of benzene rings is 1. The van der Waals surface area contributed by atoms with Crippen molar-refractivity contribution in [2.75, 3.05) is 0 Å². The van der Waals surface area contributed by atoms with Crippen molar-refractivity contribution in [3.8, 4) is 0 Å². The Bertz CT molecular complexity index is 963. The Labute approximate surface area is 195 Å². The molecule has 2 fully saturated rings. The van der Waals surface area contributed by atoms with Gasteiger partial charge in [-0.1, -0.05) is 38.5 Å². The second kappa shape index (κ2) is 9.75. The third-order valence-electron chi connectivity index (χ3n) is 7.99. The monoisotopic (exact) mass is 453 g/mol. The lowest BCUT2D eigenvalue weighted by Gasteiger charge is -2.37. The van der Waals surface area contributed by atoms with E-state index in [0.29, 0.717) is 43.2 Å². The fourth-order valence-corrected chi connectivity index (χ4v) is 6.08. The van der Waals surface area contributed by atoms with Crippen LogP contribution in [0.2, 0.25) is 0 Å². The second-order valence-corrected chi connectivity index (χ2v) is 9.95. The molecule has 1 aromatic carbocycles. The molecule has 0 bridgehead atoms. The highest BCUT2D eigenvalue weighted by Crippen LogP contribution is 2.43. The van der Waals surface area contributed by atoms with Gasteiger partial charge in [0.15, 0.2) is 0 Å². The van der Waals surface area contributed by atoms with Crippen molar-refractivity contribution >= 4 is 23.6 Å². The van der Waals surface area contributed by atoms with Crippen LogP contribution in [0.1, 0.15) is 109 Å². The van der Waals surface area contributed by atoms with Crippen LogP contribution in [0.15, 0.2) is 12.1 Å². The first-order valence-corrected chi connectivity index (χ1v) is 12.5. The molecular formula is C26H35N3O4. The normalized spacial score (nSPS) is 23.8. The summed E-state index contributed by atoms with van der Waals surface area (Å²) in [6.45, 7) is 0. The maximum Gasteiger partial charge on any atom is 0.267 e. The van der Waals surface area contributed by atoms with E-state index in [1.165, 1.54) is 0 Å². The highest BCUT2D eigenvalue weighted by molar-refractivity contribution is 6.18. The molecule has 1 unspecified atom stereocenters. The Balaban J connectivity index is 1.79. The number of nitrogens with zero attached hydrogens (tertiary/aromatic N) is 1. The summed E-state index contributed by atoms with van der Waals surface area (Å²) in [4.78, 5) is 53.9. The summed E-state index contributed by atoms with van der Waals surface area (Å²) in [7, 11) is 0. The molecule has 7 heteroatoms. The summed E-state index contributed by atoms with van der Waals surface area (Å²) >= 11 is 0. The number of amides is 4. The number of carbonyl (C=O) groups excluding carboxylic acids is 4. The van der Waals surface area contributed by atoms with E-state index < -0.39 is 35.1 Å². The SMILES string of the molecule is NC(=O)c1ccc(C(=O)N2C(=O)CCC(N)C3(CCCCCC3)C2=O)c2c1CCCCCC2. The number of imide groups is 3. The van der Waals surface area contributed by atoms with Gasteiger partial charge in [-0.3, -0.25) is 19.2 Å². The topological polar surface area (TPSA) is 124 Å². The maximum absolute atomic E-state index is 13.9. The van der Waals surface area contributed by atoms with E-state index in [0.717, 1.165) is 67.4 Å². The third kappa shape index (κ3) is 4.35. The quantitative estimate of drug-likeness (QED) is 0.664. The second-order valence-electron chi connectivity index (χ2n) is 9.95. The molecule has 1 aromatic rings. The van der Waals surface area contributed by atoms with Crippen LogP contribution in [0.5, 0.6) is 0 Å². The lowest BCUT2D eigenvalue weighted by atomic mass is 9.72. The largest absolute Gasteiger partial charge is 0.366 e. The van der Waals surface area contributed by atoms with Crippen molar-refractivity contribution in [2.24, 2.45) is 16.9 Å². The average molecular weight is 454 g/mol. The molecule has 1 aliphatic heterocycles. The predicted molar refractivity (Wildman–Crippen MR) is 124 cm³/mol. The molecule has 1 spiro atoms. The number of fused-ring (bicyclic) bond motifs is 1. The van der Waals surface area contributed by atoms with Gasteiger partial charge in [-0.15, -0.1) is 0 Å². The molecule has 4 amide bonds. The van der Waals surface area contributed by atoms with Gasteiger partial charge < -0.3 is 11.5 Å². The van der Waals surface area contributed by atoms with Crippen LogP contribution in [0.3, 0.4) is 0 Å². The van der Waals surface area contributed by atoms with Gasteiger partial charge in [-0.05, 0) is 68.2 Å². The van der Waals surface area contributed by atoms with Gasteiger partial charge in [0, 0.05) is 23.6 Å². The zero-order chi connectivity index (χ0) is 23.6. The van der Waals surface area contributed by atoms with Gasteiger partial charge in [0.2, 0.25) is 17.7 Å². The smallest absolute Gasteiger partial charge is 0.267 e. The predicted octanol–water partition coefficient (Wildman–Crippen LogP) is 3.40. The van der Waals surface area contributed by atoms with Gasteiger partial charge in [0.25, 0.3) is 5.91 Å². The first-order chi connectivity index (χ1) is 15.9.